The third-order valence-electron chi connectivity index (χ3n) is 1.69. The number of pyridine rings is 1. The number of hydrogen-bond acceptors (Lipinski definition) is 3. The van der Waals surface area contributed by atoms with E-state index < -0.39 is 23.7 Å². The summed E-state index contributed by atoms with van der Waals surface area (Å²) in [7, 11) is 0. The maximum absolute atomic E-state index is 12.5. The number of carboxylic acids is 1. The van der Waals surface area contributed by atoms with Gasteiger partial charge in [0.15, 0.2) is 5.69 Å². The minimum Gasteiger partial charge on any atom is -0.476 e. The Morgan fingerprint density at radius 3 is 2.67 bits per heavy atom. The second-order valence-corrected chi connectivity index (χ2v) is 3.07. The van der Waals surface area contributed by atoms with Crippen molar-refractivity contribution in [3.05, 3.63) is 28.0 Å². The molecule has 0 amide bonds. The molecule has 15 heavy (non-hydrogen) atoms. The Morgan fingerprint density at radius 2 is 2.27 bits per heavy atom. The van der Waals surface area contributed by atoms with Crippen molar-refractivity contribution in [1.29, 1.82) is 0 Å². The first-order valence-electron chi connectivity index (χ1n) is 3.88. The van der Waals surface area contributed by atoms with Crippen molar-refractivity contribution >= 4 is 17.6 Å². The molecule has 0 bridgehead atoms. The third kappa shape index (κ3) is 2.40. The highest BCUT2D eigenvalue weighted by Gasteiger charge is 2.23. The largest absolute Gasteiger partial charge is 0.476 e. The van der Waals surface area contributed by atoms with E-state index in [1.807, 2.05) is 0 Å². The van der Waals surface area contributed by atoms with Crippen molar-refractivity contribution in [1.82, 2.24) is 4.98 Å². The van der Waals surface area contributed by atoms with Gasteiger partial charge in [0.25, 0.3) is 6.43 Å². The lowest BCUT2D eigenvalue weighted by Crippen LogP contribution is -2.11. The maximum Gasteiger partial charge on any atom is 0.355 e. The van der Waals surface area contributed by atoms with E-state index in [1.165, 1.54) is 0 Å². The predicted octanol–water partition coefficient (Wildman–Crippen LogP) is 1.83. The molecule has 0 fully saturated rings. The zero-order valence-corrected chi connectivity index (χ0v) is 8.13. The molecule has 3 N–H and O–H groups in total. The molecule has 0 aromatic carbocycles. The van der Waals surface area contributed by atoms with Crippen molar-refractivity contribution in [3.8, 4) is 0 Å². The minimum absolute atomic E-state index is 0.0660. The van der Waals surface area contributed by atoms with Crippen molar-refractivity contribution in [2.24, 2.45) is 5.73 Å². The molecule has 0 aliphatic rings. The van der Waals surface area contributed by atoms with Crippen LogP contribution >= 0.6 is 11.6 Å². The van der Waals surface area contributed by atoms with Crippen LogP contribution in [-0.4, -0.2) is 16.1 Å². The monoisotopic (exact) mass is 236 g/mol. The van der Waals surface area contributed by atoms with E-state index in [0.29, 0.717) is 0 Å². The van der Waals surface area contributed by atoms with E-state index in [0.717, 1.165) is 6.07 Å². The molecule has 1 rings (SSSR count). The SMILES string of the molecule is NCc1cc(Cl)c(C(F)F)c(C(=O)O)n1. The minimum atomic E-state index is -2.98. The molecule has 1 aromatic heterocycles. The summed E-state index contributed by atoms with van der Waals surface area (Å²) in [4.78, 5) is 14.1. The molecule has 82 valence electrons. The Balaban J connectivity index is 3.42. The van der Waals surface area contributed by atoms with Crippen LogP contribution in [0, 0.1) is 0 Å². The lowest BCUT2D eigenvalue weighted by molar-refractivity contribution is 0.0676. The summed E-state index contributed by atoms with van der Waals surface area (Å²) < 4.78 is 24.9. The van der Waals surface area contributed by atoms with Crippen molar-refractivity contribution in [3.63, 3.8) is 0 Å². The van der Waals surface area contributed by atoms with Crippen LogP contribution in [0.4, 0.5) is 8.78 Å². The second-order valence-electron chi connectivity index (χ2n) is 2.67. The van der Waals surface area contributed by atoms with Gasteiger partial charge in [0, 0.05) is 6.54 Å². The van der Waals surface area contributed by atoms with Gasteiger partial charge in [-0.2, -0.15) is 0 Å². The van der Waals surface area contributed by atoms with Crippen LogP contribution in [0.3, 0.4) is 0 Å². The Hall–Kier alpha value is -1.27. The fourth-order valence-electron chi connectivity index (χ4n) is 1.05. The van der Waals surface area contributed by atoms with Crippen LogP contribution in [0.5, 0.6) is 0 Å². The van der Waals surface area contributed by atoms with Crippen molar-refractivity contribution < 1.29 is 18.7 Å². The molecule has 0 aliphatic heterocycles. The van der Waals surface area contributed by atoms with Gasteiger partial charge < -0.3 is 10.8 Å². The van der Waals surface area contributed by atoms with Crippen LogP contribution in [-0.2, 0) is 6.54 Å². The summed E-state index contributed by atoms with van der Waals surface area (Å²) in [5, 5.41) is 8.33. The standard InChI is InChI=1S/C8H7ClF2N2O2/c9-4-1-3(2-12)13-6(8(14)15)5(4)7(10)11/h1,7H,2,12H2,(H,14,15). The molecule has 0 unspecified atom stereocenters. The molecule has 1 aromatic rings. The lowest BCUT2D eigenvalue weighted by Gasteiger charge is -2.08. The van der Waals surface area contributed by atoms with E-state index in [9.17, 15) is 13.6 Å². The van der Waals surface area contributed by atoms with Gasteiger partial charge in [0.2, 0.25) is 0 Å². The molecule has 4 nitrogen and oxygen atoms in total. The van der Waals surface area contributed by atoms with Crippen LogP contribution in [0.1, 0.15) is 28.2 Å². The molecule has 7 heteroatoms. The molecule has 0 atom stereocenters. The molecule has 0 saturated heterocycles. The Kier molecular flexibility index (Phi) is 3.54. The zero-order valence-electron chi connectivity index (χ0n) is 7.38. The van der Waals surface area contributed by atoms with Gasteiger partial charge in [-0.3, -0.25) is 0 Å². The van der Waals surface area contributed by atoms with Crippen molar-refractivity contribution in [2.75, 3.05) is 0 Å². The van der Waals surface area contributed by atoms with Gasteiger partial charge in [-0.1, -0.05) is 11.6 Å². The Morgan fingerprint density at radius 1 is 1.67 bits per heavy atom. The number of nitrogens with two attached hydrogens (primary N) is 1. The van der Waals surface area contributed by atoms with Gasteiger partial charge in [-0.25, -0.2) is 18.6 Å². The van der Waals surface area contributed by atoms with E-state index in [1.54, 1.807) is 0 Å². The molecule has 0 saturated carbocycles. The molecule has 1 heterocycles. The number of hydrogen-bond donors (Lipinski definition) is 2. The Bertz CT molecular complexity index is 398. The highest BCUT2D eigenvalue weighted by atomic mass is 35.5. The van der Waals surface area contributed by atoms with E-state index in [4.69, 9.17) is 22.4 Å². The van der Waals surface area contributed by atoms with E-state index in [-0.39, 0.29) is 17.3 Å². The third-order valence-corrected chi connectivity index (χ3v) is 2.00. The van der Waals surface area contributed by atoms with E-state index in [2.05, 4.69) is 4.98 Å². The highest BCUT2D eigenvalue weighted by molar-refractivity contribution is 6.31. The quantitative estimate of drug-likeness (QED) is 0.839. The number of rotatable bonds is 3. The number of alkyl halides is 2. The summed E-state index contributed by atoms with van der Waals surface area (Å²) in [5.74, 6) is -1.55. The van der Waals surface area contributed by atoms with Crippen LogP contribution in [0.25, 0.3) is 0 Å². The highest BCUT2D eigenvalue weighted by Crippen LogP contribution is 2.30. The van der Waals surface area contributed by atoms with Gasteiger partial charge >= 0.3 is 5.97 Å². The van der Waals surface area contributed by atoms with Gasteiger partial charge in [-0.15, -0.1) is 0 Å². The Labute approximate surface area is 88.7 Å². The van der Waals surface area contributed by atoms with E-state index >= 15 is 0 Å². The van der Waals surface area contributed by atoms with Crippen molar-refractivity contribution in [2.45, 2.75) is 13.0 Å². The van der Waals surface area contributed by atoms with Crippen LogP contribution < -0.4 is 5.73 Å². The first-order chi connectivity index (χ1) is 6.97. The van der Waals surface area contributed by atoms with Gasteiger partial charge in [-0.05, 0) is 6.07 Å². The molecule has 0 aliphatic carbocycles. The number of aromatic nitrogens is 1. The molecule has 0 radical (unpaired) electrons. The smallest absolute Gasteiger partial charge is 0.355 e. The lowest BCUT2D eigenvalue weighted by atomic mass is 10.1. The van der Waals surface area contributed by atoms with Gasteiger partial charge in [0.05, 0.1) is 16.3 Å². The molecule has 0 spiro atoms. The average Bonchev–Trinajstić information content (AvgIpc) is 2.15. The number of carbonyl (C=O) groups is 1. The number of aromatic carboxylic acids is 1. The number of carboxylic acid groups (broad SMARTS) is 1. The summed E-state index contributed by atoms with van der Waals surface area (Å²) in [6.07, 6.45) is -2.98. The second kappa shape index (κ2) is 4.50. The average molecular weight is 237 g/mol. The maximum atomic E-state index is 12.5. The topological polar surface area (TPSA) is 76.2 Å². The summed E-state index contributed by atoms with van der Waals surface area (Å²) in [6, 6.07) is 1.13. The fourth-order valence-corrected chi connectivity index (χ4v) is 1.35. The fraction of sp³-hybridized carbons (Fsp3) is 0.250. The summed E-state index contributed by atoms with van der Waals surface area (Å²) in [5.41, 5.74) is 3.84. The zero-order chi connectivity index (χ0) is 11.6. The van der Waals surface area contributed by atoms with Crippen LogP contribution in [0.2, 0.25) is 5.02 Å². The predicted molar refractivity (Wildman–Crippen MR) is 49.1 cm³/mol. The van der Waals surface area contributed by atoms with Gasteiger partial charge in [0.1, 0.15) is 0 Å². The summed E-state index contributed by atoms with van der Waals surface area (Å²) >= 11 is 5.51. The summed E-state index contributed by atoms with van der Waals surface area (Å²) in [6.45, 7) is -0.0660. The first-order valence-corrected chi connectivity index (χ1v) is 4.26. The molecular weight excluding hydrogens is 230 g/mol. The first kappa shape index (κ1) is 11.8. The number of nitrogens with zero attached hydrogens (tertiary/aromatic N) is 1. The number of halogens is 3. The van der Waals surface area contributed by atoms with Crippen LogP contribution in [0.15, 0.2) is 6.07 Å². The molecular formula is C8H7ClF2N2O2. The normalized spacial score (nSPS) is 10.7.